The van der Waals surface area contributed by atoms with Crippen LogP contribution in [-0.2, 0) is 16.6 Å². The maximum Gasteiger partial charge on any atom is 0.346 e. The molecule has 1 N–H and O–H groups in total. The number of carbonyl (C=O) groups excluding carboxylic acids is 2. The van der Waals surface area contributed by atoms with Crippen LogP contribution in [0.3, 0.4) is 0 Å². The number of rotatable bonds is 2. The van der Waals surface area contributed by atoms with Gasteiger partial charge in [0.05, 0.1) is 0 Å². The van der Waals surface area contributed by atoms with Crippen LogP contribution in [0.4, 0.5) is 0 Å². The van der Waals surface area contributed by atoms with Crippen LogP contribution in [0.5, 0.6) is 0 Å². The lowest BCUT2D eigenvalue weighted by atomic mass is 10.1. The van der Waals surface area contributed by atoms with E-state index in [9.17, 15) is 14.4 Å². The summed E-state index contributed by atoms with van der Waals surface area (Å²) in [7, 11) is 1.61. The van der Waals surface area contributed by atoms with E-state index < -0.39 is 11.9 Å². The predicted octanol–water partition coefficient (Wildman–Crippen LogP) is 0.989. The van der Waals surface area contributed by atoms with Crippen molar-refractivity contribution in [3.8, 4) is 11.4 Å². The van der Waals surface area contributed by atoms with Crippen LogP contribution in [0.25, 0.3) is 11.4 Å². The van der Waals surface area contributed by atoms with E-state index in [2.05, 4.69) is 26.3 Å². The Morgan fingerprint density at radius 3 is 2.77 bits per heavy atom. The van der Waals surface area contributed by atoms with Gasteiger partial charge in [-0.3, -0.25) is 19.5 Å². The molecule has 1 fully saturated rings. The monoisotopic (exact) mass is 364 g/mol. The number of aromatic nitrogens is 3. The average molecular weight is 365 g/mol. The summed E-state index contributed by atoms with van der Waals surface area (Å²) in [4.78, 5) is 35.5. The van der Waals surface area contributed by atoms with E-state index >= 15 is 0 Å². The van der Waals surface area contributed by atoms with Gasteiger partial charge in [-0.25, -0.2) is 9.48 Å². The third-order valence-corrected chi connectivity index (χ3v) is 4.08. The fraction of sp³-hybridized carbons (Fsp3) is 0.286. The molecule has 2 aromatic rings. The van der Waals surface area contributed by atoms with Crippen molar-refractivity contribution < 1.29 is 9.59 Å². The minimum atomic E-state index is -0.752. The van der Waals surface area contributed by atoms with Gasteiger partial charge in [-0.1, -0.05) is 28.1 Å². The topological polar surface area (TPSA) is 86.0 Å². The Hall–Kier alpha value is -2.22. The molecule has 0 bridgehead atoms. The van der Waals surface area contributed by atoms with Crippen molar-refractivity contribution in [3.63, 3.8) is 0 Å². The number of carbonyl (C=O) groups is 2. The van der Waals surface area contributed by atoms with Gasteiger partial charge in [0.2, 0.25) is 5.91 Å². The Morgan fingerprint density at radius 2 is 2.09 bits per heavy atom. The Balaban J connectivity index is 2.05. The highest BCUT2D eigenvalue weighted by Gasteiger charge is 2.31. The summed E-state index contributed by atoms with van der Waals surface area (Å²) in [6.07, 6.45) is 0.477. The van der Waals surface area contributed by atoms with Crippen LogP contribution in [0.2, 0.25) is 0 Å². The molecule has 1 aliphatic rings. The lowest BCUT2D eigenvalue weighted by Gasteiger charge is -2.19. The van der Waals surface area contributed by atoms with Gasteiger partial charge in [0, 0.05) is 23.5 Å². The number of nitrogens with one attached hydrogen (secondary N) is 1. The second-order valence-corrected chi connectivity index (χ2v) is 6.00. The Kier molecular flexibility index (Phi) is 3.69. The average Bonchev–Trinajstić information content (AvgIpc) is 2.76. The first-order valence-corrected chi connectivity index (χ1v) is 7.52. The summed E-state index contributed by atoms with van der Waals surface area (Å²) in [6.45, 7) is 0. The number of imide groups is 1. The molecule has 1 saturated heterocycles. The van der Waals surface area contributed by atoms with Crippen molar-refractivity contribution >= 4 is 27.7 Å². The molecule has 8 heteroatoms. The van der Waals surface area contributed by atoms with E-state index in [1.165, 1.54) is 4.57 Å². The van der Waals surface area contributed by atoms with E-state index in [1.807, 2.05) is 24.3 Å². The zero-order chi connectivity index (χ0) is 15.9. The zero-order valence-electron chi connectivity index (χ0n) is 11.7. The molecule has 114 valence electrons. The Bertz CT molecular complexity index is 824. The standard InChI is InChI=1S/C14H13BrN4O3/c1-18-12(8-3-2-4-9(15)7-8)17-19(14(18)22)10-5-6-11(20)16-13(10)21/h2-4,7,10H,5-6H2,1H3,(H,16,20,21). The van der Waals surface area contributed by atoms with Gasteiger partial charge in [-0.15, -0.1) is 5.10 Å². The molecular weight excluding hydrogens is 352 g/mol. The van der Waals surface area contributed by atoms with Crippen LogP contribution in [-0.4, -0.2) is 26.2 Å². The second kappa shape index (κ2) is 5.53. The molecule has 0 radical (unpaired) electrons. The molecule has 1 unspecified atom stereocenters. The minimum absolute atomic E-state index is 0.200. The van der Waals surface area contributed by atoms with E-state index in [-0.39, 0.29) is 24.4 Å². The van der Waals surface area contributed by atoms with Gasteiger partial charge in [-0.05, 0) is 18.6 Å². The number of halogens is 1. The number of hydrogen-bond donors (Lipinski definition) is 1. The molecule has 1 atom stereocenters. The number of piperidine rings is 1. The maximum absolute atomic E-state index is 12.4. The first kappa shape index (κ1) is 14.7. The molecule has 0 spiro atoms. The number of benzene rings is 1. The van der Waals surface area contributed by atoms with Crippen LogP contribution in [0, 0.1) is 0 Å². The molecule has 22 heavy (non-hydrogen) atoms. The lowest BCUT2D eigenvalue weighted by molar-refractivity contribution is -0.136. The van der Waals surface area contributed by atoms with Crippen LogP contribution in [0.1, 0.15) is 18.9 Å². The normalized spacial score (nSPS) is 18.4. The van der Waals surface area contributed by atoms with Gasteiger partial charge in [0.25, 0.3) is 5.91 Å². The molecule has 1 aromatic heterocycles. The first-order valence-electron chi connectivity index (χ1n) is 6.72. The third kappa shape index (κ3) is 2.50. The van der Waals surface area contributed by atoms with Gasteiger partial charge < -0.3 is 0 Å². The minimum Gasteiger partial charge on any atom is -0.295 e. The summed E-state index contributed by atoms with van der Waals surface area (Å²) in [5, 5.41) is 6.53. The molecule has 2 amide bonds. The number of hydrogen-bond acceptors (Lipinski definition) is 4. The Labute approximate surface area is 134 Å². The predicted molar refractivity (Wildman–Crippen MR) is 82.0 cm³/mol. The summed E-state index contributed by atoms with van der Waals surface area (Å²) in [6, 6.07) is 6.64. The first-order chi connectivity index (χ1) is 10.5. The second-order valence-electron chi connectivity index (χ2n) is 5.09. The van der Waals surface area contributed by atoms with Crippen molar-refractivity contribution in [2.75, 3.05) is 0 Å². The summed E-state index contributed by atoms with van der Waals surface area (Å²) >= 11 is 3.38. The van der Waals surface area contributed by atoms with E-state index in [0.29, 0.717) is 5.82 Å². The maximum atomic E-state index is 12.4. The fourth-order valence-corrected chi connectivity index (χ4v) is 2.85. The zero-order valence-corrected chi connectivity index (χ0v) is 13.3. The third-order valence-electron chi connectivity index (χ3n) is 3.59. The van der Waals surface area contributed by atoms with Crippen molar-refractivity contribution in [2.24, 2.45) is 7.05 Å². The summed E-state index contributed by atoms with van der Waals surface area (Å²) in [5.41, 5.74) is 0.379. The van der Waals surface area contributed by atoms with Gasteiger partial charge >= 0.3 is 5.69 Å². The molecule has 7 nitrogen and oxygen atoms in total. The largest absolute Gasteiger partial charge is 0.346 e. The van der Waals surface area contributed by atoms with Crippen molar-refractivity contribution in [1.82, 2.24) is 19.7 Å². The quantitative estimate of drug-likeness (QED) is 0.805. The number of amides is 2. The van der Waals surface area contributed by atoms with Gasteiger partial charge in [0.15, 0.2) is 5.82 Å². The molecule has 0 saturated carbocycles. The van der Waals surface area contributed by atoms with Crippen LogP contribution < -0.4 is 11.0 Å². The smallest absolute Gasteiger partial charge is 0.295 e. The van der Waals surface area contributed by atoms with Crippen LogP contribution >= 0.6 is 15.9 Å². The fourth-order valence-electron chi connectivity index (χ4n) is 2.45. The van der Waals surface area contributed by atoms with Gasteiger partial charge in [0.1, 0.15) is 6.04 Å². The number of nitrogens with zero attached hydrogens (tertiary/aromatic N) is 3. The van der Waals surface area contributed by atoms with Crippen molar-refractivity contribution in [1.29, 1.82) is 0 Å². The lowest BCUT2D eigenvalue weighted by Crippen LogP contribution is -2.44. The summed E-state index contributed by atoms with van der Waals surface area (Å²) in [5.74, 6) is -0.342. The molecule has 1 aromatic carbocycles. The Morgan fingerprint density at radius 1 is 1.32 bits per heavy atom. The van der Waals surface area contributed by atoms with E-state index in [0.717, 1.165) is 14.7 Å². The molecule has 3 rings (SSSR count). The van der Waals surface area contributed by atoms with Crippen molar-refractivity contribution in [3.05, 3.63) is 39.2 Å². The van der Waals surface area contributed by atoms with Gasteiger partial charge in [-0.2, -0.15) is 0 Å². The molecule has 2 heterocycles. The summed E-state index contributed by atoms with van der Waals surface area (Å²) < 4.78 is 3.41. The van der Waals surface area contributed by atoms with E-state index in [4.69, 9.17) is 0 Å². The highest BCUT2D eigenvalue weighted by molar-refractivity contribution is 9.10. The highest BCUT2D eigenvalue weighted by Crippen LogP contribution is 2.22. The van der Waals surface area contributed by atoms with E-state index in [1.54, 1.807) is 7.05 Å². The highest BCUT2D eigenvalue weighted by atomic mass is 79.9. The molecular formula is C14H13BrN4O3. The molecule has 1 aliphatic heterocycles. The van der Waals surface area contributed by atoms with Crippen molar-refractivity contribution in [2.45, 2.75) is 18.9 Å². The molecule has 0 aliphatic carbocycles. The van der Waals surface area contributed by atoms with Crippen LogP contribution in [0.15, 0.2) is 33.5 Å². The SMILES string of the molecule is Cn1c(-c2cccc(Br)c2)nn(C2CCC(=O)NC2=O)c1=O.